The van der Waals surface area contributed by atoms with Crippen LogP contribution in [0.4, 0.5) is 0 Å². The predicted molar refractivity (Wildman–Crippen MR) is 50.6 cm³/mol. The summed E-state index contributed by atoms with van der Waals surface area (Å²) < 4.78 is 4.72. The lowest BCUT2D eigenvalue weighted by Gasteiger charge is -2.29. The Hall–Kier alpha value is -0.610. The fourth-order valence-corrected chi connectivity index (χ4v) is 1.07. The molecule has 0 aromatic rings. The molecule has 76 valence electrons. The average Bonchev–Trinajstić information content (AvgIpc) is 2.03. The van der Waals surface area contributed by atoms with Crippen LogP contribution < -0.4 is 0 Å². The monoisotopic (exact) mass is 186 g/mol. The number of hydrogen-bond donors (Lipinski definition) is 0. The van der Waals surface area contributed by atoms with Gasteiger partial charge in [-0.3, -0.25) is 4.79 Å². The van der Waals surface area contributed by atoms with Gasteiger partial charge in [0.2, 0.25) is 6.41 Å². The van der Waals surface area contributed by atoms with E-state index in [4.69, 9.17) is 4.74 Å². The summed E-state index contributed by atoms with van der Waals surface area (Å²) in [6, 6.07) is 0. The lowest BCUT2D eigenvalue weighted by Crippen LogP contribution is -2.43. The van der Waals surface area contributed by atoms with Gasteiger partial charge >= 0.3 is 0 Å². The number of carbonyl (C=O) groups is 1. The van der Waals surface area contributed by atoms with Crippen LogP contribution >= 0.6 is 0 Å². The standard InChI is InChI=1S/C6H12N2O.C3H6O/c1-7-2-4-8(6-9)5-3-7;1-2-4-3-1/h6H,2-5H2,1H3;1-3H2. The molecule has 0 aromatic heterocycles. The van der Waals surface area contributed by atoms with Gasteiger partial charge in [0.15, 0.2) is 0 Å². The van der Waals surface area contributed by atoms with Gasteiger partial charge in [0.05, 0.1) is 0 Å². The largest absolute Gasteiger partial charge is 0.381 e. The Morgan fingerprint density at radius 2 is 1.62 bits per heavy atom. The van der Waals surface area contributed by atoms with E-state index in [2.05, 4.69) is 11.9 Å². The molecular formula is C9H18N2O2. The van der Waals surface area contributed by atoms with Gasteiger partial charge in [-0.25, -0.2) is 0 Å². The van der Waals surface area contributed by atoms with Crippen LogP contribution in [0.2, 0.25) is 0 Å². The lowest BCUT2D eigenvalue weighted by atomic mass is 10.4. The summed E-state index contributed by atoms with van der Waals surface area (Å²) in [6.07, 6.45) is 2.20. The van der Waals surface area contributed by atoms with E-state index in [9.17, 15) is 4.79 Å². The van der Waals surface area contributed by atoms with Crippen molar-refractivity contribution in [3.63, 3.8) is 0 Å². The Kier molecular flexibility index (Phi) is 4.78. The highest BCUT2D eigenvalue weighted by Crippen LogP contribution is 1.94. The highest BCUT2D eigenvalue weighted by atomic mass is 16.5. The van der Waals surface area contributed by atoms with E-state index >= 15 is 0 Å². The third-order valence-corrected chi connectivity index (χ3v) is 2.26. The molecule has 1 amide bonds. The second-order valence-corrected chi connectivity index (χ2v) is 3.41. The van der Waals surface area contributed by atoms with Crippen LogP contribution in [0.25, 0.3) is 0 Å². The Labute approximate surface area is 79.4 Å². The van der Waals surface area contributed by atoms with Crippen LogP contribution in [-0.2, 0) is 9.53 Å². The summed E-state index contributed by atoms with van der Waals surface area (Å²) in [7, 11) is 2.07. The molecule has 0 spiro atoms. The van der Waals surface area contributed by atoms with Crippen molar-refractivity contribution >= 4 is 6.41 Å². The summed E-state index contributed by atoms with van der Waals surface area (Å²) in [6.45, 7) is 5.80. The van der Waals surface area contributed by atoms with Gasteiger partial charge in [0.1, 0.15) is 0 Å². The van der Waals surface area contributed by atoms with Crippen LogP contribution in [0.1, 0.15) is 6.42 Å². The number of likely N-dealkylation sites (N-methyl/N-ethyl adjacent to an activating group) is 1. The van der Waals surface area contributed by atoms with Crippen LogP contribution in [0, 0.1) is 0 Å². The molecule has 2 aliphatic heterocycles. The Morgan fingerprint density at radius 1 is 1.15 bits per heavy atom. The maximum absolute atomic E-state index is 10.2. The van der Waals surface area contributed by atoms with Gasteiger partial charge in [-0.1, -0.05) is 0 Å². The van der Waals surface area contributed by atoms with Crippen molar-refractivity contribution in [2.75, 3.05) is 46.4 Å². The molecule has 2 aliphatic rings. The molecule has 2 heterocycles. The summed E-state index contributed by atoms with van der Waals surface area (Å²) in [5.41, 5.74) is 0. The molecule has 0 aromatic carbocycles. The summed E-state index contributed by atoms with van der Waals surface area (Å²) in [5.74, 6) is 0. The van der Waals surface area contributed by atoms with E-state index < -0.39 is 0 Å². The lowest BCUT2D eigenvalue weighted by molar-refractivity contribution is -0.119. The molecule has 13 heavy (non-hydrogen) atoms. The van der Waals surface area contributed by atoms with Crippen LogP contribution in [0.3, 0.4) is 0 Å². The van der Waals surface area contributed by atoms with E-state index in [0.717, 1.165) is 45.8 Å². The molecule has 0 radical (unpaired) electrons. The number of nitrogens with zero attached hydrogens (tertiary/aromatic N) is 2. The van der Waals surface area contributed by atoms with Gasteiger partial charge in [-0.05, 0) is 13.5 Å². The molecule has 4 nitrogen and oxygen atoms in total. The summed E-state index contributed by atoms with van der Waals surface area (Å²) >= 11 is 0. The van der Waals surface area contributed by atoms with Crippen molar-refractivity contribution in [1.29, 1.82) is 0 Å². The van der Waals surface area contributed by atoms with Gasteiger partial charge in [-0.2, -0.15) is 0 Å². The normalized spacial score (nSPS) is 22.7. The number of piperazine rings is 1. The second-order valence-electron chi connectivity index (χ2n) is 3.41. The maximum Gasteiger partial charge on any atom is 0.209 e. The number of rotatable bonds is 1. The van der Waals surface area contributed by atoms with E-state index in [1.807, 2.05) is 0 Å². The molecule has 0 bridgehead atoms. The van der Waals surface area contributed by atoms with E-state index in [1.54, 1.807) is 4.90 Å². The SMILES string of the molecule is C1COC1.CN1CCN(C=O)CC1. The Bertz CT molecular complexity index is 137. The van der Waals surface area contributed by atoms with Gasteiger partial charge in [0, 0.05) is 39.4 Å². The minimum absolute atomic E-state index is 0.889. The third kappa shape index (κ3) is 4.24. The molecule has 0 atom stereocenters. The van der Waals surface area contributed by atoms with E-state index in [1.165, 1.54) is 6.42 Å². The van der Waals surface area contributed by atoms with Crippen molar-refractivity contribution < 1.29 is 9.53 Å². The molecule has 2 saturated heterocycles. The molecule has 0 saturated carbocycles. The van der Waals surface area contributed by atoms with Gasteiger partial charge in [-0.15, -0.1) is 0 Å². The molecule has 2 rings (SSSR count). The van der Waals surface area contributed by atoms with E-state index in [0.29, 0.717) is 0 Å². The minimum atomic E-state index is 0.889. The number of amides is 1. The zero-order chi connectivity index (χ0) is 9.52. The molecule has 0 N–H and O–H groups in total. The fourth-order valence-electron chi connectivity index (χ4n) is 1.07. The first-order valence-corrected chi connectivity index (χ1v) is 4.78. The minimum Gasteiger partial charge on any atom is -0.381 e. The number of hydrogen-bond acceptors (Lipinski definition) is 3. The fraction of sp³-hybridized carbons (Fsp3) is 0.889. The van der Waals surface area contributed by atoms with Crippen molar-refractivity contribution in [2.45, 2.75) is 6.42 Å². The Balaban J connectivity index is 0.000000175. The number of ether oxygens (including phenoxy) is 1. The van der Waals surface area contributed by atoms with Crippen LogP contribution in [-0.4, -0.2) is 62.7 Å². The van der Waals surface area contributed by atoms with Crippen molar-refractivity contribution in [2.24, 2.45) is 0 Å². The van der Waals surface area contributed by atoms with Crippen molar-refractivity contribution in [1.82, 2.24) is 9.80 Å². The summed E-state index contributed by atoms with van der Waals surface area (Å²) in [4.78, 5) is 14.2. The zero-order valence-electron chi connectivity index (χ0n) is 8.24. The predicted octanol–water partition coefficient (Wildman–Crippen LogP) is -0.203. The van der Waals surface area contributed by atoms with Gasteiger partial charge in [0.25, 0.3) is 0 Å². The maximum atomic E-state index is 10.2. The highest BCUT2D eigenvalue weighted by Gasteiger charge is 2.10. The van der Waals surface area contributed by atoms with E-state index in [-0.39, 0.29) is 0 Å². The molecule has 0 unspecified atom stereocenters. The third-order valence-electron chi connectivity index (χ3n) is 2.26. The van der Waals surface area contributed by atoms with Gasteiger partial charge < -0.3 is 14.5 Å². The topological polar surface area (TPSA) is 32.8 Å². The van der Waals surface area contributed by atoms with Crippen molar-refractivity contribution in [3.8, 4) is 0 Å². The molecule has 0 aliphatic carbocycles. The molecule has 2 fully saturated rings. The first-order chi connectivity index (χ1) is 6.33. The summed E-state index contributed by atoms with van der Waals surface area (Å²) in [5, 5.41) is 0. The second kappa shape index (κ2) is 5.94. The zero-order valence-corrected chi connectivity index (χ0v) is 8.24. The number of carbonyl (C=O) groups excluding carboxylic acids is 1. The quantitative estimate of drug-likeness (QED) is 0.532. The Morgan fingerprint density at radius 3 is 1.92 bits per heavy atom. The first kappa shape index (κ1) is 10.5. The van der Waals surface area contributed by atoms with Crippen LogP contribution in [0.15, 0.2) is 0 Å². The average molecular weight is 186 g/mol. The van der Waals surface area contributed by atoms with Crippen molar-refractivity contribution in [3.05, 3.63) is 0 Å². The van der Waals surface area contributed by atoms with Crippen LogP contribution in [0.5, 0.6) is 0 Å². The molecular weight excluding hydrogens is 168 g/mol. The highest BCUT2D eigenvalue weighted by molar-refractivity contribution is 5.47. The molecule has 4 heteroatoms. The first-order valence-electron chi connectivity index (χ1n) is 4.78. The smallest absolute Gasteiger partial charge is 0.209 e.